The minimum Gasteiger partial charge on any atom is -0.460 e. The topological polar surface area (TPSA) is 99.2 Å². The highest BCUT2D eigenvalue weighted by molar-refractivity contribution is 5.91. The fraction of sp³-hybridized carbons (Fsp3) is 0.886. The van der Waals surface area contributed by atoms with Crippen LogP contribution in [0, 0.1) is 65.1 Å². The van der Waals surface area contributed by atoms with E-state index in [0.717, 1.165) is 32.1 Å². The molecule has 0 N–H and O–H groups in total. The van der Waals surface area contributed by atoms with Gasteiger partial charge < -0.3 is 19.1 Å². The van der Waals surface area contributed by atoms with E-state index in [2.05, 4.69) is 0 Å². The highest BCUT2D eigenvalue weighted by Crippen LogP contribution is 2.63. The molecule has 9 fully saturated rings. The number of likely N-dealkylation sites (tertiary alicyclic amines) is 1. The van der Waals surface area contributed by atoms with Gasteiger partial charge in [0, 0.05) is 18.4 Å². The van der Waals surface area contributed by atoms with E-state index in [-0.39, 0.29) is 41.6 Å². The SMILES string of the molecule is CC(F)(F)COC(=O)C1C2CCC(C2)C1C(=O)OC1C2CC3C(C(=O)N(C(C)(C)C)C31)C2C(=O)OC12CC3CC(CC(C3)C1)C2. The number of amides is 1. The maximum Gasteiger partial charge on any atom is 0.310 e. The van der Waals surface area contributed by atoms with Gasteiger partial charge in [0.1, 0.15) is 11.7 Å². The maximum absolute atomic E-state index is 14.2. The van der Waals surface area contributed by atoms with Gasteiger partial charge in [-0.2, -0.15) is 0 Å². The lowest BCUT2D eigenvalue weighted by molar-refractivity contribution is -0.197. The molecule has 1 amide bonds. The monoisotopic (exact) mass is 631 g/mol. The van der Waals surface area contributed by atoms with Crippen molar-refractivity contribution in [3.63, 3.8) is 0 Å². The zero-order valence-corrected chi connectivity index (χ0v) is 26.8. The minimum atomic E-state index is -3.16. The lowest BCUT2D eigenvalue weighted by Gasteiger charge is -2.56. The van der Waals surface area contributed by atoms with Gasteiger partial charge in [-0.15, -0.1) is 0 Å². The molecular formula is C35H47F2NO7. The zero-order valence-electron chi connectivity index (χ0n) is 26.8. The van der Waals surface area contributed by atoms with Crippen molar-refractivity contribution in [2.45, 2.75) is 121 Å². The normalized spacial score (nSPS) is 47.1. The fourth-order valence-electron chi connectivity index (χ4n) is 12.5. The molecular weight excluding hydrogens is 584 g/mol. The third kappa shape index (κ3) is 4.68. The summed E-state index contributed by atoms with van der Waals surface area (Å²) >= 11 is 0. The number of carbonyl (C=O) groups excluding carboxylic acids is 4. The van der Waals surface area contributed by atoms with E-state index in [0.29, 0.717) is 37.5 Å². The summed E-state index contributed by atoms with van der Waals surface area (Å²) in [5, 5.41) is 0. The second kappa shape index (κ2) is 9.88. The molecule has 10 unspecified atom stereocenters. The number of hydrogen-bond donors (Lipinski definition) is 0. The molecule has 9 rings (SSSR count). The molecule has 10 atom stereocenters. The molecule has 9 aliphatic rings. The number of hydrogen-bond acceptors (Lipinski definition) is 7. The molecule has 0 aromatic heterocycles. The predicted octanol–water partition coefficient (Wildman–Crippen LogP) is 5.16. The molecule has 0 aromatic rings. The molecule has 1 saturated heterocycles. The Kier molecular flexibility index (Phi) is 6.61. The number of ether oxygens (including phenoxy) is 3. The van der Waals surface area contributed by atoms with E-state index in [1.807, 2.05) is 25.7 Å². The molecule has 8 bridgehead atoms. The minimum absolute atomic E-state index is 0.0621. The van der Waals surface area contributed by atoms with Gasteiger partial charge in [-0.25, -0.2) is 8.78 Å². The largest absolute Gasteiger partial charge is 0.460 e. The van der Waals surface area contributed by atoms with Gasteiger partial charge in [-0.3, -0.25) is 19.2 Å². The Hall–Kier alpha value is -2.26. The summed E-state index contributed by atoms with van der Waals surface area (Å²) in [4.78, 5) is 57.3. The van der Waals surface area contributed by atoms with Gasteiger partial charge >= 0.3 is 17.9 Å². The van der Waals surface area contributed by atoms with Crippen LogP contribution in [0.1, 0.15) is 91.9 Å². The van der Waals surface area contributed by atoms with Crippen molar-refractivity contribution in [3.05, 3.63) is 0 Å². The lowest BCUT2D eigenvalue weighted by atomic mass is 9.54. The van der Waals surface area contributed by atoms with E-state index in [1.54, 1.807) is 0 Å². The van der Waals surface area contributed by atoms with Gasteiger partial charge in [0.2, 0.25) is 5.91 Å². The van der Waals surface area contributed by atoms with Crippen molar-refractivity contribution in [2.75, 3.05) is 6.61 Å². The molecule has 8 saturated carbocycles. The molecule has 0 spiro atoms. The number of rotatable bonds is 7. The third-order valence-electron chi connectivity index (χ3n) is 13.3. The molecule has 10 heteroatoms. The number of fused-ring (bicyclic) bond motifs is 3. The molecule has 1 aliphatic heterocycles. The number of nitrogens with zero attached hydrogens (tertiary/aromatic N) is 1. The Morgan fingerprint density at radius 3 is 1.93 bits per heavy atom. The highest BCUT2D eigenvalue weighted by atomic mass is 19.3. The molecule has 0 aromatic carbocycles. The Morgan fingerprint density at radius 2 is 1.38 bits per heavy atom. The standard InChI is InChI=1S/C35H47F2NO7/c1-33(2,3)38-27-21-11-22(26(25(21)29(38)39)32(42)45-35-12-16-7-17(13-35)9-18(8-16)14-35)28(27)44-31(41)24-20-6-5-19(10-20)23(24)30(40)43-15-34(4,36)37/h16-28H,5-15H2,1-4H3. The molecule has 1 heterocycles. The van der Waals surface area contributed by atoms with Crippen LogP contribution in [0.25, 0.3) is 0 Å². The number of halogens is 2. The van der Waals surface area contributed by atoms with E-state index in [1.165, 1.54) is 19.3 Å². The average molecular weight is 632 g/mol. The number of alkyl halides is 2. The van der Waals surface area contributed by atoms with E-state index >= 15 is 0 Å². The van der Waals surface area contributed by atoms with Crippen LogP contribution >= 0.6 is 0 Å². The lowest BCUT2D eigenvalue weighted by Crippen LogP contribution is -2.55. The Labute approximate surface area is 263 Å². The average Bonchev–Trinajstić information content (AvgIpc) is 3.71. The van der Waals surface area contributed by atoms with Gasteiger partial charge in [-0.1, -0.05) is 0 Å². The summed E-state index contributed by atoms with van der Waals surface area (Å²) in [6, 6.07) is -0.345. The van der Waals surface area contributed by atoms with Gasteiger partial charge in [0.25, 0.3) is 5.92 Å². The van der Waals surface area contributed by atoms with Crippen molar-refractivity contribution in [1.82, 2.24) is 4.90 Å². The van der Waals surface area contributed by atoms with Crippen LogP contribution in [0.4, 0.5) is 8.78 Å². The first-order valence-corrected chi connectivity index (χ1v) is 17.4. The molecule has 0 radical (unpaired) electrons. The molecule has 45 heavy (non-hydrogen) atoms. The third-order valence-corrected chi connectivity index (χ3v) is 13.3. The predicted molar refractivity (Wildman–Crippen MR) is 155 cm³/mol. The second-order valence-corrected chi connectivity index (χ2v) is 17.5. The fourth-order valence-corrected chi connectivity index (χ4v) is 12.5. The zero-order chi connectivity index (χ0) is 31.8. The van der Waals surface area contributed by atoms with E-state index in [9.17, 15) is 28.0 Å². The van der Waals surface area contributed by atoms with E-state index < -0.39 is 65.4 Å². The van der Waals surface area contributed by atoms with Crippen LogP contribution in [-0.2, 0) is 33.4 Å². The Bertz CT molecular complexity index is 1270. The molecule has 8 aliphatic carbocycles. The maximum atomic E-state index is 14.2. The summed E-state index contributed by atoms with van der Waals surface area (Å²) in [7, 11) is 0. The van der Waals surface area contributed by atoms with Crippen LogP contribution in [-0.4, -0.2) is 64.5 Å². The summed E-state index contributed by atoms with van der Waals surface area (Å²) in [6.45, 7) is 5.58. The highest BCUT2D eigenvalue weighted by Gasteiger charge is 2.73. The van der Waals surface area contributed by atoms with Crippen LogP contribution in [0.15, 0.2) is 0 Å². The van der Waals surface area contributed by atoms with Crippen molar-refractivity contribution < 1.29 is 42.2 Å². The van der Waals surface area contributed by atoms with Gasteiger partial charge in [0.05, 0.1) is 29.7 Å². The van der Waals surface area contributed by atoms with E-state index in [4.69, 9.17) is 14.2 Å². The van der Waals surface area contributed by atoms with Crippen LogP contribution in [0.2, 0.25) is 0 Å². The first-order chi connectivity index (χ1) is 21.1. The number of carbonyl (C=O) groups is 4. The molecule has 248 valence electrons. The summed E-state index contributed by atoms with van der Waals surface area (Å²) in [5.74, 6) is -6.33. The van der Waals surface area contributed by atoms with Gasteiger partial charge in [0.15, 0.2) is 6.61 Å². The smallest absolute Gasteiger partial charge is 0.310 e. The molecule has 8 nitrogen and oxygen atoms in total. The van der Waals surface area contributed by atoms with Crippen molar-refractivity contribution >= 4 is 23.8 Å². The quantitative estimate of drug-likeness (QED) is 0.283. The van der Waals surface area contributed by atoms with Crippen molar-refractivity contribution in [2.24, 2.45) is 65.1 Å². The first-order valence-electron chi connectivity index (χ1n) is 17.4. The van der Waals surface area contributed by atoms with Crippen molar-refractivity contribution in [1.29, 1.82) is 0 Å². The Balaban J connectivity index is 1.05. The van der Waals surface area contributed by atoms with Crippen LogP contribution < -0.4 is 0 Å². The van der Waals surface area contributed by atoms with Crippen LogP contribution in [0.3, 0.4) is 0 Å². The van der Waals surface area contributed by atoms with Crippen molar-refractivity contribution in [3.8, 4) is 0 Å². The second-order valence-electron chi connectivity index (χ2n) is 17.5. The number of esters is 3. The summed E-state index contributed by atoms with van der Waals surface area (Å²) in [6.07, 6.45) is 8.51. The van der Waals surface area contributed by atoms with Gasteiger partial charge in [-0.05, 0) is 120 Å². The summed E-state index contributed by atoms with van der Waals surface area (Å²) < 4.78 is 45.0. The Morgan fingerprint density at radius 1 is 0.800 bits per heavy atom. The van der Waals surface area contributed by atoms with Crippen LogP contribution in [0.5, 0.6) is 0 Å². The first kappa shape index (κ1) is 30.1. The summed E-state index contributed by atoms with van der Waals surface area (Å²) in [5.41, 5.74) is -0.978.